The molecule has 0 spiro atoms. The third-order valence-corrected chi connectivity index (χ3v) is 5.63. The van der Waals surface area contributed by atoms with E-state index in [0.717, 1.165) is 5.56 Å². The van der Waals surface area contributed by atoms with Crippen molar-refractivity contribution >= 4 is 17.4 Å². The molecule has 7 heteroatoms. The van der Waals surface area contributed by atoms with Crippen molar-refractivity contribution in [3.8, 4) is 5.75 Å². The number of ether oxygens (including phenoxy) is 2. The number of hydrogen-bond donors (Lipinski definition) is 1. The fraction of sp³-hybridized carbons (Fsp3) is 0.462. The number of aliphatic hydroxyl groups excluding tert-OH is 1. The Morgan fingerprint density at radius 3 is 2.52 bits per heavy atom. The van der Waals surface area contributed by atoms with E-state index in [0.29, 0.717) is 36.6 Å². The predicted molar refractivity (Wildman–Crippen MR) is 125 cm³/mol. The minimum atomic E-state index is -0.806. The number of benzene rings is 1. The fourth-order valence-electron chi connectivity index (χ4n) is 4.00. The number of furan rings is 1. The molecule has 1 atom stereocenters. The van der Waals surface area contributed by atoms with E-state index in [1.165, 1.54) is 11.2 Å². The molecule has 1 aromatic heterocycles. The summed E-state index contributed by atoms with van der Waals surface area (Å²) in [5, 5.41) is 11.3. The summed E-state index contributed by atoms with van der Waals surface area (Å²) in [6, 6.07) is 7.85. The van der Waals surface area contributed by atoms with E-state index in [9.17, 15) is 14.7 Å². The number of nitrogens with zero attached hydrogens (tertiary/aromatic N) is 1. The van der Waals surface area contributed by atoms with Gasteiger partial charge in [0.05, 0.1) is 25.1 Å². The molecule has 178 valence electrons. The molecule has 2 aromatic rings. The van der Waals surface area contributed by atoms with Gasteiger partial charge in [-0.3, -0.25) is 9.59 Å². The molecule has 1 saturated heterocycles. The first-order valence-electron chi connectivity index (χ1n) is 11.2. The van der Waals surface area contributed by atoms with Crippen LogP contribution in [0.1, 0.15) is 64.0 Å². The largest absolute Gasteiger partial charge is 0.507 e. The van der Waals surface area contributed by atoms with Crippen LogP contribution >= 0.6 is 0 Å². The van der Waals surface area contributed by atoms with Crippen molar-refractivity contribution in [2.24, 2.45) is 0 Å². The first-order chi connectivity index (χ1) is 15.6. The van der Waals surface area contributed by atoms with Crippen molar-refractivity contribution in [2.75, 3.05) is 20.3 Å². The summed E-state index contributed by atoms with van der Waals surface area (Å²) < 4.78 is 16.6. The Bertz CT molecular complexity index is 1030. The minimum Gasteiger partial charge on any atom is -0.507 e. The predicted octanol–water partition coefficient (Wildman–Crippen LogP) is 4.82. The Morgan fingerprint density at radius 2 is 1.94 bits per heavy atom. The number of Topliss-reactive ketones (excluding diaryl/α,β-unsaturated/α-hetero) is 1. The van der Waals surface area contributed by atoms with E-state index < -0.39 is 17.7 Å². The molecule has 1 unspecified atom stereocenters. The standard InChI is InChI=1S/C26H33NO6/c1-16(2)32-14-8-12-27-22(20-9-7-13-33-20)21(24(29)25(27)30)23(28)17-10-11-19(31-6)18(15-17)26(3,4)5/h7,9-11,13,15-16,22,28H,8,12,14H2,1-6H3/b23-21-. The highest BCUT2D eigenvalue weighted by Gasteiger charge is 2.47. The lowest BCUT2D eigenvalue weighted by atomic mass is 9.84. The lowest BCUT2D eigenvalue weighted by Crippen LogP contribution is -2.31. The van der Waals surface area contributed by atoms with Crippen molar-refractivity contribution < 1.29 is 28.6 Å². The maximum atomic E-state index is 13.1. The van der Waals surface area contributed by atoms with Gasteiger partial charge in [0.15, 0.2) is 0 Å². The molecule has 0 aliphatic carbocycles. The summed E-state index contributed by atoms with van der Waals surface area (Å²) in [5.41, 5.74) is 1.08. The quantitative estimate of drug-likeness (QED) is 0.266. The zero-order valence-electron chi connectivity index (χ0n) is 20.2. The summed E-state index contributed by atoms with van der Waals surface area (Å²) >= 11 is 0. The highest BCUT2D eigenvalue weighted by atomic mass is 16.5. The van der Waals surface area contributed by atoms with Crippen molar-refractivity contribution in [3.63, 3.8) is 0 Å². The van der Waals surface area contributed by atoms with Crippen LogP contribution in [-0.2, 0) is 19.7 Å². The van der Waals surface area contributed by atoms with Crippen LogP contribution < -0.4 is 4.74 Å². The molecule has 3 rings (SSSR count). The van der Waals surface area contributed by atoms with Gasteiger partial charge in [0, 0.05) is 24.3 Å². The van der Waals surface area contributed by atoms with Gasteiger partial charge in [-0.05, 0) is 56.0 Å². The summed E-state index contributed by atoms with van der Waals surface area (Å²) in [7, 11) is 1.59. The van der Waals surface area contributed by atoms with Crippen LogP contribution in [0.2, 0.25) is 0 Å². The summed E-state index contributed by atoms with van der Waals surface area (Å²) in [4.78, 5) is 27.5. The zero-order chi connectivity index (χ0) is 24.3. The van der Waals surface area contributed by atoms with E-state index in [2.05, 4.69) is 0 Å². The fourth-order valence-corrected chi connectivity index (χ4v) is 4.00. The van der Waals surface area contributed by atoms with E-state index in [1.54, 1.807) is 37.4 Å². The maximum absolute atomic E-state index is 13.1. The third-order valence-electron chi connectivity index (χ3n) is 5.63. The molecule has 1 amide bonds. The molecule has 33 heavy (non-hydrogen) atoms. The SMILES string of the molecule is COc1ccc(/C(O)=C2/C(=O)C(=O)N(CCCOC(C)C)C2c2ccco2)cc1C(C)(C)C. The van der Waals surface area contributed by atoms with Crippen LogP contribution in [0.15, 0.2) is 46.6 Å². The van der Waals surface area contributed by atoms with Crippen LogP contribution in [0.4, 0.5) is 0 Å². The summed E-state index contributed by atoms with van der Waals surface area (Å²) in [6.07, 6.45) is 2.12. The van der Waals surface area contributed by atoms with Gasteiger partial charge in [0.1, 0.15) is 23.3 Å². The van der Waals surface area contributed by atoms with Crippen LogP contribution in [0.25, 0.3) is 5.76 Å². The van der Waals surface area contributed by atoms with E-state index in [4.69, 9.17) is 13.9 Å². The second-order valence-corrected chi connectivity index (χ2v) is 9.45. The molecule has 1 aromatic carbocycles. The van der Waals surface area contributed by atoms with Crippen LogP contribution in [-0.4, -0.2) is 48.1 Å². The van der Waals surface area contributed by atoms with Crippen LogP contribution in [0, 0.1) is 0 Å². The van der Waals surface area contributed by atoms with Crippen molar-refractivity contribution in [3.05, 3.63) is 59.1 Å². The van der Waals surface area contributed by atoms with E-state index >= 15 is 0 Å². The van der Waals surface area contributed by atoms with Crippen molar-refractivity contribution in [1.82, 2.24) is 4.90 Å². The summed E-state index contributed by atoms with van der Waals surface area (Å²) in [6.45, 7) is 10.8. The molecule has 7 nitrogen and oxygen atoms in total. The highest BCUT2D eigenvalue weighted by molar-refractivity contribution is 6.46. The first-order valence-corrected chi connectivity index (χ1v) is 11.2. The number of carbonyl (C=O) groups is 2. The topological polar surface area (TPSA) is 89.2 Å². The number of ketones is 1. The molecule has 0 saturated carbocycles. The zero-order valence-corrected chi connectivity index (χ0v) is 20.2. The second-order valence-electron chi connectivity index (χ2n) is 9.45. The molecule has 1 aliphatic rings. The number of hydrogen-bond acceptors (Lipinski definition) is 6. The number of methoxy groups -OCH3 is 1. The monoisotopic (exact) mass is 455 g/mol. The molecule has 0 radical (unpaired) electrons. The van der Waals surface area contributed by atoms with Gasteiger partial charge in [-0.25, -0.2) is 0 Å². The Labute approximate surface area is 195 Å². The molecule has 2 heterocycles. The minimum absolute atomic E-state index is 0.0183. The smallest absolute Gasteiger partial charge is 0.295 e. The van der Waals surface area contributed by atoms with Gasteiger partial charge >= 0.3 is 0 Å². The number of likely N-dealkylation sites (tertiary alicyclic amines) is 1. The highest BCUT2D eigenvalue weighted by Crippen LogP contribution is 2.41. The number of aliphatic hydroxyl groups is 1. The molecule has 1 N–H and O–H groups in total. The van der Waals surface area contributed by atoms with Crippen molar-refractivity contribution in [1.29, 1.82) is 0 Å². The average Bonchev–Trinajstić information content (AvgIpc) is 3.37. The second kappa shape index (κ2) is 9.83. The first kappa shape index (κ1) is 24.6. The third kappa shape index (κ3) is 5.14. The molecular weight excluding hydrogens is 422 g/mol. The van der Waals surface area contributed by atoms with Crippen molar-refractivity contribution in [2.45, 2.75) is 58.6 Å². The van der Waals surface area contributed by atoms with Crippen LogP contribution in [0.3, 0.4) is 0 Å². The number of amides is 1. The Hall–Kier alpha value is -3.06. The van der Waals surface area contributed by atoms with E-state index in [1.807, 2.05) is 34.6 Å². The maximum Gasteiger partial charge on any atom is 0.295 e. The lowest BCUT2D eigenvalue weighted by Gasteiger charge is -2.24. The van der Waals surface area contributed by atoms with Crippen LogP contribution in [0.5, 0.6) is 5.75 Å². The van der Waals surface area contributed by atoms with Gasteiger partial charge in [-0.2, -0.15) is 0 Å². The Balaban J connectivity index is 2.05. The van der Waals surface area contributed by atoms with Gasteiger partial charge < -0.3 is 23.9 Å². The number of rotatable bonds is 8. The molecule has 1 aliphatic heterocycles. The van der Waals surface area contributed by atoms with E-state index in [-0.39, 0.29) is 22.9 Å². The lowest BCUT2D eigenvalue weighted by molar-refractivity contribution is -0.140. The summed E-state index contributed by atoms with van der Waals surface area (Å²) in [5.74, 6) is -0.514. The number of carbonyl (C=O) groups excluding carboxylic acids is 2. The normalized spacial score (nSPS) is 18.4. The molecule has 0 bridgehead atoms. The van der Waals surface area contributed by atoms with Gasteiger partial charge in [0.25, 0.3) is 11.7 Å². The van der Waals surface area contributed by atoms with Gasteiger partial charge in [-0.1, -0.05) is 20.8 Å². The molecule has 1 fully saturated rings. The average molecular weight is 456 g/mol. The Morgan fingerprint density at radius 1 is 1.21 bits per heavy atom. The Kier molecular flexibility index (Phi) is 7.32. The molecular formula is C26H33NO6. The van der Waals surface area contributed by atoms with Gasteiger partial charge in [0.2, 0.25) is 0 Å². The van der Waals surface area contributed by atoms with Gasteiger partial charge in [-0.15, -0.1) is 0 Å².